The average Bonchev–Trinajstić information content (AvgIpc) is 2.38. The Bertz CT molecular complexity index is 84.7. The van der Waals surface area contributed by atoms with E-state index in [9.17, 15) is 0 Å². The van der Waals surface area contributed by atoms with Crippen LogP contribution in [0.15, 0.2) is 0 Å². The van der Waals surface area contributed by atoms with Crippen LogP contribution in [0.25, 0.3) is 0 Å². The molecule has 1 radical (unpaired) electrons. The predicted molar refractivity (Wildman–Crippen MR) is 49.3 cm³/mol. The van der Waals surface area contributed by atoms with Crippen molar-refractivity contribution in [3.8, 4) is 0 Å². The molecule has 0 spiro atoms. The summed E-state index contributed by atoms with van der Waals surface area (Å²) in [5.74, 6) is 0.960. The highest BCUT2D eigenvalue weighted by Crippen LogP contribution is 2.33. The van der Waals surface area contributed by atoms with E-state index >= 15 is 0 Å². The van der Waals surface area contributed by atoms with E-state index in [-0.39, 0.29) is 0 Å². The van der Waals surface area contributed by atoms with Crippen LogP contribution in [0.2, 0.25) is 0 Å². The van der Waals surface area contributed by atoms with E-state index in [4.69, 9.17) is 0 Å². The van der Waals surface area contributed by atoms with Gasteiger partial charge in [-0.1, -0.05) is 42.1 Å². The Labute approximate surface area is 72.5 Å². The molecule has 59 valence electrons. The molecule has 0 aromatic heterocycles. The average molecular weight is 204 g/mol. The molecule has 1 unspecified atom stereocenters. The second-order valence-corrected chi connectivity index (χ2v) is 4.38. The quantitative estimate of drug-likeness (QED) is 0.616. The summed E-state index contributed by atoms with van der Waals surface area (Å²) >= 11 is 3.72. The molecule has 1 aliphatic rings. The normalized spacial score (nSPS) is 23.4. The van der Waals surface area contributed by atoms with Crippen LogP contribution in [0.4, 0.5) is 0 Å². The minimum absolute atomic E-state index is 0.757. The maximum absolute atomic E-state index is 3.87. The van der Waals surface area contributed by atoms with Crippen LogP contribution in [0.5, 0.6) is 0 Å². The minimum Gasteiger partial charge on any atom is -0.0888 e. The molecule has 10 heavy (non-hydrogen) atoms. The van der Waals surface area contributed by atoms with Crippen molar-refractivity contribution in [3.63, 3.8) is 0 Å². The standard InChI is InChI=1S/C9H16Br/c1-2-5-9(10)8-6-3-4-7-8/h8-9H,1-7H2. The molecular weight excluding hydrogens is 188 g/mol. The van der Waals surface area contributed by atoms with Crippen LogP contribution < -0.4 is 0 Å². The lowest BCUT2D eigenvalue weighted by Crippen LogP contribution is -2.09. The summed E-state index contributed by atoms with van der Waals surface area (Å²) in [4.78, 5) is 0.757. The van der Waals surface area contributed by atoms with Gasteiger partial charge in [0.05, 0.1) is 0 Å². The molecule has 0 aromatic carbocycles. The SMILES string of the molecule is [CH2]CCC(Br)C1CCCC1. The molecule has 1 saturated carbocycles. The van der Waals surface area contributed by atoms with Crippen LogP contribution in [0.3, 0.4) is 0 Å². The third kappa shape index (κ3) is 2.26. The molecule has 1 atom stereocenters. The fourth-order valence-electron chi connectivity index (χ4n) is 1.75. The topological polar surface area (TPSA) is 0 Å². The Morgan fingerprint density at radius 3 is 2.50 bits per heavy atom. The number of rotatable bonds is 3. The molecule has 0 amide bonds. The second kappa shape index (κ2) is 4.38. The molecule has 0 aliphatic heterocycles. The van der Waals surface area contributed by atoms with Gasteiger partial charge in [-0.15, -0.1) is 0 Å². The molecule has 0 aromatic rings. The summed E-state index contributed by atoms with van der Waals surface area (Å²) in [5.41, 5.74) is 0. The highest BCUT2D eigenvalue weighted by atomic mass is 79.9. The lowest BCUT2D eigenvalue weighted by Gasteiger charge is -2.15. The van der Waals surface area contributed by atoms with E-state index in [0.29, 0.717) is 0 Å². The molecular formula is C9H16Br. The van der Waals surface area contributed by atoms with Gasteiger partial charge in [0.15, 0.2) is 0 Å². The predicted octanol–water partition coefficient (Wildman–Crippen LogP) is 3.55. The Morgan fingerprint density at radius 2 is 2.00 bits per heavy atom. The molecule has 1 rings (SSSR count). The molecule has 0 heterocycles. The zero-order valence-corrected chi connectivity index (χ0v) is 8.07. The van der Waals surface area contributed by atoms with Gasteiger partial charge in [-0.25, -0.2) is 0 Å². The first-order chi connectivity index (χ1) is 4.84. The van der Waals surface area contributed by atoms with Crippen molar-refractivity contribution in [1.29, 1.82) is 0 Å². The Kier molecular flexibility index (Phi) is 3.75. The van der Waals surface area contributed by atoms with Crippen LogP contribution in [-0.2, 0) is 0 Å². The molecule has 1 aliphatic carbocycles. The number of hydrogen-bond donors (Lipinski definition) is 0. The van der Waals surface area contributed by atoms with Gasteiger partial charge < -0.3 is 0 Å². The molecule has 0 nitrogen and oxygen atoms in total. The van der Waals surface area contributed by atoms with Crippen molar-refractivity contribution in [3.05, 3.63) is 6.92 Å². The summed E-state index contributed by atoms with van der Waals surface area (Å²) in [6.45, 7) is 3.87. The van der Waals surface area contributed by atoms with Crippen LogP contribution in [0.1, 0.15) is 38.5 Å². The Hall–Kier alpha value is 0.480. The minimum atomic E-state index is 0.757. The first kappa shape index (κ1) is 8.58. The largest absolute Gasteiger partial charge is 0.0888 e. The van der Waals surface area contributed by atoms with Crippen molar-refractivity contribution in [2.75, 3.05) is 0 Å². The Morgan fingerprint density at radius 1 is 1.40 bits per heavy atom. The van der Waals surface area contributed by atoms with E-state index in [1.807, 2.05) is 0 Å². The maximum Gasteiger partial charge on any atom is 0.0174 e. The van der Waals surface area contributed by atoms with Crippen molar-refractivity contribution in [1.82, 2.24) is 0 Å². The van der Waals surface area contributed by atoms with Gasteiger partial charge >= 0.3 is 0 Å². The van der Waals surface area contributed by atoms with E-state index in [1.54, 1.807) is 0 Å². The highest BCUT2D eigenvalue weighted by Gasteiger charge is 2.21. The Balaban J connectivity index is 2.18. The van der Waals surface area contributed by atoms with E-state index in [0.717, 1.165) is 17.2 Å². The second-order valence-electron chi connectivity index (χ2n) is 3.20. The zero-order chi connectivity index (χ0) is 7.40. The lowest BCUT2D eigenvalue weighted by atomic mass is 10.0. The van der Waals surface area contributed by atoms with E-state index in [1.165, 1.54) is 32.1 Å². The molecule has 0 bridgehead atoms. The summed E-state index contributed by atoms with van der Waals surface area (Å²) < 4.78 is 0. The monoisotopic (exact) mass is 203 g/mol. The summed E-state index contributed by atoms with van der Waals surface area (Å²) in [5, 5.41) is 0. The van der Waals surface area contributed by atoms with Crippen LogP contribution in [0, 0.1) is 12.8 Å². The van der Waals surface area contributed by atoms with Gasteiger partial charge in [-0.2, -0.15) is 0 Å². The fourth-order valence-corrected chi connectivity index (χ4v) is 2.60. The maximum atomic E-state index is 3.87. The van der Waals surface area contributed by atoms with Crippen molar-refractivity contribution in [2.24, 2.45) is 5.92 Å². The molecule has 1 heteroatoms. The number of alkyl halides is 1. The van der Waals surface area contributed by atoms with Gasteiger partial charge in [0.2, 0.25) is 0 Å². The summed E-state index contributed by atoms with van der Waals surface area (Å²) in [6, 6.07) is 0. The zero-order valence-electron chi connectivity index (χ0n) is 6.48. The number of halogens is 1. The van der Waals surface area contributed by atoms with Crippen LogP contribution >= 0.6 is 15.9 Å². The fraction of sp³-hybridized carbons (Fsp3) is 0.889. The van der Waals surface area contributed by atoms with Gasteiger partial charge in [0.25, 0.3) is 0 Å². The third-order valence-corrected chi connectivity index (χ3v) is 3.60. The van der Waals surface area contributed by atoms with Crippen LogP contribution in [-0.4, -0.2) is 4.83 Å². The van der Waals surface area contributed by atoms with Gasteiger partial charge in [0.1, 0.15) is 0 Å². The molecule has 0 saturated heterocycles. The smallest absolute Gasteiger partial charge is 0.0174 e. The van der Waals surface area contributed by atoms with Crippen molar-refractivity contribution in [2.45, 2.75) is 43.4 Å². The first-order valence-electron chi connectivity index (χ1n) is 4.28. The summed E-state index contributed by atoms with van der Waals surface area (Å²) in [7, 11) is 0. The molecule has 0 N–H and O–H groups in total. The lowest BCUT2D eigenvalue weighted by molar-refractivity contribution is 0.508. The van der Waals surface area contributed by atoms with Gasteiger partial charge in [-0.3, -0.25) is 0 Å². The highest BCUT2D eigenvalue weighted by molar-refractivity contribution is 9.09. The summed E-state index contributed by atoms with van der Waals surface area (Å²) in [6.07, 6.45) is 8.11. The molecule has 1 fully saturated rings. The number of hydrogen-bond acceptors (Lipinski definition) is 0. The first-order valence-corrected chi connectivity index (χ1v) is 5.19. The van der Waals surface area contributed by atoms with Crippen molar-refractivity contribution >= 4 is 15.9 Å². The van der Waals surface area contributed by atoms with E-state index in [2.05, 4.69) is 22.9 Å². The van der Waals surface area contributed by atoms with Gasteiger partial charge in [0, 0.05) is 4.83 Å². The van der Waals surface area contributed by atoms with Crippen molar-refractivity contribution < 1.29 is 0 Å². The third-order valence-electron chi connectivity index (χ3n) is 2.39. The van der Waals surface area contributed by atoms with E-state index < -0.39 is 0 Å². The van der Waals surface area contributed by atoms with Gasteiger partial charge in [-0.05, 0) is 25.2 Å².